The Balaban J connectivity index is 2.24. The molecule has 0 aliphatic heterocycles. The summed E-state index contributed by atoms with van der Waals surface area (Å²) in [7, 11) is 0. The largest absolute Gasteiger partial charge is 0.444 e. The highest BCUT2D eigenvalue weighted by Crippen LogP contribution is 2.26. The summed E-state index contributed by atoms with van der Waals surface area (Å²) in [6.07, 6.45) is 1.63. The van der Waals surface area contributed by atoms with Crippen molar-refractivity contribution in [3.63, 3.8) is 0 Å². The lowest BCUT2D eigenvalue weighted by molar-refractivity contribution is 0.570. The molecule has 17 heavy (non-hydrogen) atoms. The Kier molecular flexibility index (Phi) is 4.05. The average molecular weight is 271 g/mol. The molecule has 0 fully saturated rings. The maximum absolute atomic E-state index is 5.92. The van der Waals surface area contributed by atoms with Crippen LogP contribution in [-0.4, -0.2) is 11.5 Å². The normalized spacial score (nSPS) is 10.8. The van der Waals surface area contributed by atoms with Gasteiger partial charge in [-0.15, -0.1) is 0 Å². The molecule has 0 radical (unpaired) electrons. The third-order valence-corrected chi connectivity index (χ3v) is 2.65. The van der Waals surface area contributed by atoms with Gasteiger partial charge in [0.05, 0.1) is 5.69 Å². The highest BCUT2D eigenvalue weighted by molar-refractivity contribution is 6.35. The highest BCUT2D eigenvalue weighted by atomic mass is 35.5. The minimum Gasteiger partial charge on any atom is -0.444 e. The van der Waals surface area contributed by atoms with Gasteiger partial charge in [-0.05, 0) is 24.7 Å². The number of halogens is 2. The standard InChI is InChI=1S/C12H12Cl2N2O/c1-2-15-6-11-7-17-12(16-11)8-3-9(13)5-10(14)4-8/h3-5,7,15H,2,6H2,1H3. The summed E-state index contributed by atoms with van der Waals surface area (Å²) in [4.78, 5) is 4.35. The molecule has 0 saturated heterocycles. The molecular formula is C12H12Cl2N2O. The van der Waals surface area contributed by atoms with Gasteiger partial charge in [0.2, 0.25) is 5.89 Å². The van der Waals surface area contributed by atoms with Gasteiger partial charge < -0.3 is 9.73 Å². The molecule has 0 bridgehead atoms. The van der Waals surface area contributed by atoms with Gasteiger partial charge in [0.15, 0.2) is 0 Å². The summed E-state index contributed by atoms with van der Waals surface area (Å²) in [6.45, 7) is 3.62. The monoisotopic (exact) mass is 270 g/mol. The smallest absolute Gasteiger partial charge is 0.226 e. The van der Waals surface area contributed by atoms with Crippen LogP contribution in [0.5, 0.6) is 0 Å². The van der Waals surface area contributed by atoms with Crippen molar-refractivity contribution in [3.8, 4) is 11.5 Å². The number of nitrogens with one attached hydrogen (secondary N) is 1. The van der Waals surface area contributed by atoms with E-state index < -0.39 is 0 Å². The SMILES string of the molecule is CCNCc1coc(-c2cc(Cl)cc(Cl)c2)n1. The number of rotatable bonds is 4. The molecule has 0 unspecified atom stereocenters. The van der Waals surface area contributed by atoms with Crippen molar-refractivity contribution in [2.24, 2.45) is 0 Å². The van der Waals surface area contributed by atoms with E-state index in [0.29, 0.717) is 22.5 Å². The Bertz CT molecular complexity index is 491. The predicted octanol–water partition coefficient (Wildman–Crippen LogP) is 3.76. The lowest BCUT2D eigenvalue weighted by Crippen LogP contribution is -2.11. The van der Waals surface area contributed by atoms with Crippen LogP contribution in [0.1, 0.15) is 12.6 Å². The molecule has 2 aromatic rings. The lowest BCUT2D eigenvalue weighted by atomic mass is 10.2. The number of hydrogen-bond acceptors (Lipinski definition) is 3. The van der Waals surface area contributed by atoms with E-state index in [9.17, 15) is 0 Å². The molecule has 3 nitrogen and oxygen atoms in total. The second-order valence-electron chi connectivity index (χ2n) is 3.58. The third-order valence-electron chi connectivity index (χ3n) is 2.22. The van der Waals surface area contributed by atoms with Crippen molar-refractivity contribution in [1.82, 2.24) is 10.3 Å². The molecule has 1 aromatic carbocycles. The zero-order valence-corrected chi connectivity index (χ0v) is 10.8. The molecule has 0 atom stereocenters. The fourth-order valence-corrected chi connectivity index (χ4v) is 1.98. The van der Waals surface area contributed by atoms with Gasteiger partial charge in [-0.25, -0.2) is 4.98 Å². The Hall–Kier alpha value is -1.03. The van der Waals surface area contributed by atoms with E-state index >= 15 is 0 Å². The van der Waals surface area contributed by atoms with Crippen LogP contribution in [0.25, 0.3) is 11.5 Å². The first-order chi connectivity index (χ1) is 8.19. The summed E-state index contributed by atoms with van der Waals surface area (Å²) in [5, 5.41) is 4.31. The summed E-state index contributed by atoms with van der Waals surface area (Å²) >= 11 is 11.8. The van der Waals surface area contributed by atoms with E-state index in [-0.39, 0.29) is 0 Å². The molecule has 1 heterocycles. The fraction of sp³-hybridized carbons (Fsp3) is 0.250. The summed E-state index contributed by atoms with van der Waals surface area (Å²) in [5.41, 5.74) is 1.64. The van der Waals surface area contributed by atoms with E-state index in [1.54, 1.807) is 24.5 Å². The summed E-state index contributed by atoms with van der Waals surface area (Å²) in [5.74, 6) is 0.530. The molecule has 5 heteroatoms. The summed E-state index contributed by atoms with van der Waals surface area (Å²) in [6, 6.07) is 5.22. The first kappa shape index (κ1) is 12.4. The number of aromatic nitrogens is 1. The fourth-order valence-electron chi connectivity index (χ4n) is 1.45. The van der Waals surface area contributed by atoms with Crippen molar-refractivity contribution in [1.29, 1.82) is 0 Å². The van der Waals surface area contributed by atoms with E-state index in [0.717, 1.165) is 17.8 Å². The maximum atomic E-state index is 5.92. The molecule has 0 aliphatic carbocycles. The highest BCUT2D eigenvalue weighted by Gasteiger charge is 2.08. The number of oxazole rings is 1. The molecule has 0 saturated carbocycles. The second kappa shape index (κ2) is 5.54. The van der Waals surface area contributed by atoms with Crippen molar-refractivity contribution in [2.75, 3.05) is 6.54 Å². The second-order valence-corrected chi connectivity index (χ2v) is 4.46. The molecule has 1 aromatic heterocycles. The number of nitrogens with zero attached hydrogens (tertiary/aromatic N) is 1. The van der Waals surface area contributed by atoms with Crippen molar-refractivity contribution in [2.45, 2.75) is 13.5 Å². The van der Waals surface area contributed by atoms with Crippen LogP contribution in [0.2, 0.25) is 10.0 Å². The van der Waals surface area contributed by atoms with Crippen LogP contribution in [0.4, 0.5) is 0 Å². The van der Waals surface area contributed by atoms with E-state index in [4.69, 9.17) is 27.6 Å². The maximum Gasteiger partial charge on any atom is 0.226 e. The van der Waals surface area contributed by atoms with Crippen LogP contribution in [0.3, 0.4) is 0 Å². The van der Waals surface area contributed by atoms with E-state index in [1.807, 2.05) is 6.92 Å². The minimum absolute atomic E-state index is 0.530. The van der Waals surface area contributed by atoms with Gasteiger partial charge in [-0.2, -0.15) is 0 Å². The number of benzene rings is 1. The minimum atomic E-state index is 0.530. The first-order valence-corrected chi connectivity index (χ1v) is 6.06. The van der Waals surface area contributed by atoms with Gasteiger partial charge >= 0.3 is 0 Å². The predicted molar refractivity (Wildman–Crippen MR) is 69.3 cm³/mol. The van der Waals surface area contributed by atoms with Crippen LogP contribution in [0.15, 0.2) is 28.9 Å². The third kappa shape index (κ3) is 3.22. The van der Waals surface area contributed by atoms with Crippen LogP contribution in [-0.2, 0) is 6.54 Å². The molecule has 0 spiro atoms. The van der Waals surface area contributed by atoms with Gasteiger partial charge in [-0.1, -0.05) is 30.1 Å². The lowest BCUT2D eigenvalue weighted by Gasteiger charge is -1.98. The van der Waals surface area contributed by atoms with E-state index in [1.165, 1.54) is 0 Å². The first-order valence-electron chi connectivity index (χ1n) is 5.30. The van der Waals surface area contributed by atoms with Crippen molar-refractivity contribution in [3.05, 3.63) is 40.2 Å². The quantitative estimate of drug-likeness (QED) is 0.920. The summed E-state index contributed by atoms with van der Waals surface area (Å²) < 4.78 is 5.39. The van der Waals surface area contributed by atoms with Crippen LogP contribution in [0, 0.1) is 0 Å². The Morgan fingerprint density at radius 1 is 1.24 bits per heavy atom. The van der Waals surface area contributed by atoms with Crippen molar-refractivity contribution < 1.29 is 4.42 Å². The number of hydrogen-bond donors (Lipinski definition) is 1. The molecule has 90 valence electrons. The van der Waals surface area contributed by atoms with Crippen LogP contribution >= 0.6 is 23.2 Å². The Labute approximate surface area is 110 Å². The van der Waals surface area contributed by atoms with Gasteiger partial charge in [-0.3, -0.25) is 0 Å². The van der Waals surface area contributed by atoms with Gasteiger partial charge in [0.1, 0.15) is 6.26 Å². The average Bonchev–Trinajstić information content (AvgIpc) is 2.73. The molecule has 0 aliphatic rings. The zero-order valence-electron chi connectivity index (χ0n) is 9.34. The van der Waals surface area contributed by atoms with Gasteiger partial charge in [0.25, 0.3) is 0 Å². The van der Waals surface area contributed by atoms with Gasteiger partial charge in [0, 0.05) is 22.2 Å². The van der Waals surface area contributed by atoms with Crippen molar-refractivity contribution >= 4 is 23.2 Å². The zero-order chi connectivity index (χ0) is 12.3. The Morgan fingerprint density at radius 3 is 2.59 bits per heavy atom. The Morgan fingerprint density at radius 2 is 1.94 bits per heavy atom. The molecular weight excluding hydrogens is 259 g/mol. The molecule has 1 N–H and O–H groups in total. The van der Waals surface area contributed by atoms with Crippen LogP contribution < -0.4 is 5.32 Å². The van der Waals surface area contributed by atoms with E-state index in [2.05, 4.69) is 10.3 Å². The molecule has 2 rings (SSSR count). The molecule has 0 amide bonds. The topological polar surface area (TPSA) is 38.1 Å².